The third-order valence-corrected chi connectivity index (χ3v) is 4.48. The number of halogens is 1. The number of carbonyl (C=O) groups excluding carboxylic acids is 1. The van der Waals surface area contributed by atoms with Crippen molar-refractivity contribution in [1.29, 1.82) is 0 Å². The standard InChI is InChI=1S/C21H19BrO6/c1-4-25-21(24)13(3)26-16-9-10-17-18(11-16)27-12(2)20(19(17)23)28-15-7-5-14(22)6-8-15/h5-11,13H,4H2,1-3H3/t13-/m0/s1. The van der Waals surface area contributed by atoms with Gasteiger partial charge in [-0.1, -0.05) is 15.9 Å². The minimum absolute atomic E-state index is 0.128. The molecule has 3 aromatic rings. The molecular weight excluding hydrogens is 428 g/mol. The second-order valence-electron chi connectivity index (χ2n) is 6.04. The number of ether oxygens (including phenoxy) is 3. The molecule has 0 aliphatic heterocycles. The lowest BCUT2D eigenvalue weighted by Gasteiger charge is -2.14. The van der Waals surface area contributed by atoms with Crippen LogP contribution >= 0.6 is 15.9 Å². The Morgan fingerprint density at radius 3 is 2.50 bits per heavy atom. The minimum Gasteiger partial charge on any atom is -0.479 e. The van der Waals surface area contributed by atoms with Gasteiger partial charge >= 0.3 is 5.97 Å². The van der Waals surface area contributed by atoms with Crippen LogP contribution in [-0.4, -0.2) is 18.7 Å². The number of carbonyl (C=O) groups is 1. The zero-order valence-corrected chi connectivity index (χ0v) is 17.2. The molecule has 0 radical (unpaired) electrons. The number of fused-ring (bicyclic) bond motifs is 1. The average Bonchev–Trinajstić information content (AvgIpc) is 2.66. The number of hydrogen-bond acceptors (Lipinski definition) is 6. The maximum absolute atomic E-state index is 12.8. The van der Waals surface area contributed by atoms with E-state index in [1.165, 1.54) is 0 Å². The van der Waals surface area contributed by atoms with Crippen LogP contribution in [0, 0.1) is 6.92 Å². The van der Waals surface area contributed by atoms with Crippen LogP contribution in [0.3, 0.4) is 0 Å². The minimum atomic E-state index is -0.773. The highest BCUT2D eigenvalue weighted by molar-refractivity contribution is 9.10. The molecule has 0 aliphatic carbocycles. The maximum Gasteiger partial charge on any atom is 0.347 e. The summed E-state index contributed by atoms with van der Waals surface area (Å²) in [5.74, 6) is 0.941. The van der Waals surface area contributed by atoms with Crippen molar-refractivity contribution in [2.75, 3.05) is 6.61 Å². The molecular formula is C21H19BrO6. The molecule has 28 heavy (non-hydrogen) atoms. The van der Waals surface area contributed by atoms with E-state index in [-0.39, 0.29) is 17.8 Å². The summed E-state index contributed by atoms with van der Waals surface area (Å²) in [5, 5.41) is 0.355. The predicted octanol–water partition coefficient (Wildman–Crippen LogP) is 4.99. The Balaban J connectivity index is 1.91. The van der Waals surface area contributed by atoms with Crippen molar-refractivity contribution >= 4 is 32.9 Å². The summed E-state index contributed by atoms with van der Waals surface area (Å²) >= 11 is 3.36. The zero-order chi connectivity index (χ0) is 20.3. The summed E-state index contributed by atoms with van der Waals surface area (Å²) in [7, 11) is 0. The van der Waals surface area contributed by atoms with E-state index in [4.69, 9.17) is 18.6 Å². The molecule has 0 spiro atoms. The van der Waals surface area contributed by atoms with Crippen LogP contribution in [0.1, 0.15) is 19.6 Å². The number of rotatable bonds is 6. The van der Waals surface area contributed by atoms with E-state index in [0.717, 1.165) is 4.47 Å². The van der Waals surface area contributed by atoms with E-state index in [2.05, 4.69) is 15.9 Å². The lowest BCUT2D eigenvalue weighted by atomic mass is 10.2. The lowest BCUT2D eigenvalue weighted by Crippen LogP contribution is -2.26. The van der Waals surface area contributed by atoms with Gasteiger partial charge in [-0.2, -0.15) is 0 Å². The molecule has 7 heteroatoms. The fraction of sp³-hybridized carbons (Fsp3) is 0.238. The lowest BCUT2D eigenvalue weighted by molar-refractivity contribution is -0.150. The van der Waals surface area contributed by atoms with Crippen LogP contribution in [0.5, 0.6) is 17.2 Å². The van der Waals surface area contributed by atoms with E-state index >= 15 is 0 Å². The highest BCUT2D eigenvalue weighted by Gasteiger charge is 2.18. The van der Waals surface area contributed by atoms with E-state index in [0.29, 0.717) is 28.2 Å². The van der Waals surface area contributed by atoms with Crippen molar-refractivity contribution < 1.29 is 23.4 Å². The van der Waals surface area contributed by atoms with Gasteiger partial charge in [0.1, 0.15) is 22.8 Å². The second kappa shape index (κ2) is 8.48. The molecule has 0 unspecified atom stereocenters. The van der Waals surface area contributed by atoms with Gasteiger partial charge in [0.2, 0.25) is 11.2 Å². The van der Waals surface area contributed by atoms with Gasteiger partial charge in [0.15, 0.2) is 6.10 Å². The summed E-state index contributed by atoms with van der Waals surface area (Å²) in [6.45, 7) is 5.26. The fourth-order valence-electron chi connectivity index (χ4n) is 2.59. The van der Waals surface area contributed by atoms with Gasteiger partial charge in [0.25, 0.3) is 0 Å². The first-order chi connectivity index (χ1) is 13.4. The Hall–Kier alpha value is -2.80. The highest BCUT2D eigenvalue weighted by atomic mass is 79.9. The van der Waals surface area contributed by atoms with E-state index < -0.39 is 12.1 Å². The third-order valence-electron chi connectivity index (χ3n) is 3.95. The Kier molecular flexibility index (Phi) is 6.04. The molecule has 0 N–H and O–H groups in total. The quantitative estimate of drug-likeness (QED) is 0.496. The summed E-state index contributed by atoms with van der Waals surface area (Å²) in [6.07, 6.45) is -0.773. The molecule has 0 amide bonds. The van der Waals surface area contributed by atoms with E-state index in [1.54, 1.807) is 51.1 Å². The first-order valence-electron chi connectivity index (χ1n) is 8.73. The SMILES string of the molecule is CCOC(=O)[C@H](C)Oc1ccc2c(=O)c(Oc3ccc(Br)cc3)c(C)oc2c1. The van der Waals surface area contributed by atoms with Crippen LogP contribution in [0.4, 0.5) is 0 Å². The molecule has 0 saturated heterocycles. The largest absolute Gasteiger partial charge is 0.479 e. The van der Waals surface area contributed by atoms with E-state index in [9.17, 15) is 9.59 Å². The van der Waals surface area contributed by atoms with Crippen molar-refractivity contribution in [3.8, 4) is 17.2 Å². The fourth-order valence-corrected chi connectivity index (χ4v) is 2.86. The molecule has 1 aromatic heterocycles. The zero-order valence-electron chi connectivity index (χ0n) is 15.7. The van der Waals surface area contributed by atoms with Crippen molar-refractivity contribution in [2.24, 2.45) is 0 Å². The van der Waals surface area contributed by atoms with Crippen LogP contribution in [0.2, 0.25) is 0 Å². The number of benzene rings is 2. The molecule has 2 aromatic carbocycles. The predicted molar refractivity (Wildman–Crippen MR) is 108 cm³/mol. The second-order valence-corrected chi connectivity index (χ2v) is 6.96. The number of hydrogen-bond donors (Lipinski definition) is 0. The normalized spacial score (nSPS) is 11.9. The summed E-state index contributed by atoms with van der Waals surface area (Å²) < 4.78 is 22.9. The van der Waals surface area contributed by atoms with Gasteiger partial charge in [-0.05, 0) is 57.2 Å². The van der Waals surface area contributed by atoms with Crippen LogP contribution < -0.4 is 14.9 Å². The first kappa shape index (κ1) is 19.9. The first-order valence-corrected chi connectivity index (χ1v) is 9.52. The topological polar surface area (TPSA) is 75.0 Å². The molecule has 3 rings (SSSR count). The van der Waals surface area contributed by atoms with Crippen molar-refractivity contribution in [2.45, 2.75) is 26.9 Å². The molecule has 6 nitrogen and oxygen atoms in total. The molecule has 146 valence electrons. The monoisotopic (exact) mass is 446 g/mol. The Morgan fingerprint density at radius 1 is 1.14 bits per heavy atom. The Labute approximate surface area is 170 Å². The molecule has 0 fully saturated rings. The van der Waals surface area contributed by atoms with Crippen molar-refractivity contribution in [3.05, 3.63) is 62.9 Å². The van der Waals surface area contributed by atoms with E-state index in [1.807, 2.05) is 12.1 Å². The maximum atomic E-state index is 12.8. The third kappa shape index (κ3) is 4.36. The highest BCUT2D eigenvalue weighted by Crippen LogP contribution is 2.28. The average molecular weight is 447 g/mol. The van der Waals surface area contributed by atoms with Crippen LogP contribution in [0.15, 0.2) is 56.1 Å². The smallest absolute Gasteiger partial charge is 0.347 e. The Morgan fingerprint density at radius 2 is 1.82 bits per heavy atom. The van der Waals surface area contributed by atoms with Crippen LogP contribution in [-0.2, 0) is 9.53 Å². The number of aryl methyl sites for hydroxylation is 1. The molecule has 0 aliphatic rings. The van der Waals surface area contributed by atoms with Crippen molar-refractivity contribution in [1.82, 2.24) is 0 Å². The van der Waals surface area contributed by atoms with Gasteiger partial charge < -0.3 is 18.6 Å². The van der Waals surface area contributed by atoms with Gasteiger partial charge in [-0.3, -0.25) is 4.79 Å². The summed E-state index contributed by atoms with van der Waals surface area (Å²) in [4.78, 5) is 24.6. The molecule has 0 saturated carbocycles. The summed E-state index contributed by atoms with van der Waals surface area (Å²) in [5.41, 5.74) is 0.0610. The van der Waals surface area contributed by atoms with Gasteiger partial charge in [-0.15, -0.1) is 0 Å². The molecule has 0 bridgehead atoms. The van der Waals surface area contributed by atoms with Gasteiger partial charge in [-0.25, -0.2) is 4.79 Å². The summed E-state index contributed by atoms with van der Waals surface area (Å²) in [6, 6.07) is 11.9. The Bertz CT molecular complexity index is 1050. The van der Waals surface area contributed by atoms with Gasteiger partial charge in [0, 0.05) is 10.5 Å². The van der Waals surface area contributed by atoms with Crippen molar-refractivity contribution in [3.63, 3.8) is 0 Å². The van der Waals surface area contributed by atoms with Gasteiger partial charge in [0.05, 0.1) is 12.0 Å². The molecule has 1 heterocycles. The van der Waals surface area contributed by atoms with Crippen LogP contribution in [0.25, 0.3) is 11.0 Å². The number of esters is 1. The molecule has 1 atom stereocenters.